The monoisotopic (exact) mass is 598 g/mol. The Hall–Kier alpha value is -4.83. The zero-order valence-electron chi connectivity index (χ0n) is 22.7. The van der Waals surface area contributed by atoms with Gasteiger partial charge in [0.05, 0.1) is 22.4 Å². The van der Waals surface area contributed by atoms with Crippen LogP contribution in [-0.4, -0.2) is 33.9 Å². The van der Waals surface area contributed by atoms with E-state index in [0.717, 1.165) is 11.1 Å². The zero-order chi connectivity index (χ0) is 29.9. The molecule has 0 spiro atoms. The van der Waals surface area contributed by atoms with E-state index in [1.807, 2.05) is 30.3 Å². The maximum absolute atomic E-state index is 13.9. The minimum absolute atomic E-state index is 0.0413. The predicted octanol–water partition coefficient (Wildman–Crippen LogP) is 6.44. The van der Waals surface area contributed by atoms with Crippen LogP contribution in [0, 0.1) is 17.5 Å². The molecule has 5 aromatic rings. The van der Waals surface area contributed by atoms with Crippen molar-refractivity contribution in [1.29, 1.82) is 0 Å². The largest absolute Gasteiger partial charge is 0.350 e. The van der Waals surface area contributed by atoms with Crippen LogP contribution in [0.15, 0.2) is 103 Å². The first-order chi connectivity index (χ1) is 20.9. The Bertz CT molecular complexity index is 1760. The van der Waals surface area contributed by atoms with E-state index < -0.39 is 17.0 Å². The number of anilines is 1. The number of aromatic nitrogens is 2. The smallest absolute Gasteiger partial charge is 0.240 e. The van der Waals surface area contributed by atoms with Gasteiger partial charge in [-0.1, -0.05) is 54.6 Å². The van der Waals surface area contributed by atoms with Crippen molar-refractivity contribution in [2.24, 2.45) is 0 Å². The van der Waals surface area contributed by atoms with Crippen LogP contribution in [0.25, 0.3) is 16.9 Å². The molecule has 2 heterocycles. The van der Waals surface area contributed by atoms with Crippen LogP contribution in [0.5, 0.6) is 0 Å². The van der Waals surface area contributed by atoms with Gasteiger partial charge in [-0.15, -0.1) is 11.8 Å². The third-order valence-electron chi connectivity index (χ3n) is 7.08. The number of nitrogens with one attached hydrogen (secondary N) is 1. The Morgan fingerprint density at radius 3 is 2.09 bits per heavy atom. The molecule has 2 amide bonds. The van der Waals surface area contributed by atoms with Crippen molar-refractivity contribution in [1.82, 2.24) is 15.1 Å². The van der Waals surface area contributed by atoms with E-state index in [9.17, 15) is 22.8 Å². The van der Waals surface area contributed by atoms with E-state index in [-0.39, 0.29) is 36.4 Å². The number of halogens is 3. The van der Waals surface area contributed by atoms with Crippen molar-refractivity contribution < 1.29 is 22.8 Å². The highest BCUT2D eigenvalue weighted by Gasteiger charge is 2.37. The molecule has 0 saturated heterocycles. The molecular formula is C33H25F3N4O2S. The Labute approximate surface area is 250 Å². The van der Waals surface area contributed by atoms with Crippen LogP contribution in [-0.2, 0) is 16.1 Å². The van der Waals surface area contributed by atoms with Crippen molar-refractivity contribution in [3.05, 3.63) is 137 Å². The number of carbonyl (C=O) groups excluding carboxylic acids is 2. The highest BCUT2D eigenvalue weighted by molar-refractivity contribution is 8.00. The number of benzene rings is 4. The molecule has 1 aromatic heterocycles. The van der Waals surface area contributed by atoms with Crippen LogP contribution >= 0.6 is 11.8 Å². The number of carbonyl (C=O) groups is 2. The number of nitrogens with zero attached hydrogens (tertiary/aromatic N) is 3. The lowest BCUT2D eigenvalue weighted by Gasteiger charge is -2.23. The molecule has 0 unspecified atom stereocenters. The Balaban J connectivity index is 1.49. The van der Waals surface area contributed by atoms with Crippen LogP contribution in [0.2, 0.25) is 0 Å². The molecule has 4 aromatic carbocycles. The van der Waals surface area contributed by atoms with Gasteiger partial charge in [0.2, 0.25) is 11.8 Å². The third kappa shape index (κ3) is 6.05. The molecule has 0 radical (unpaired) electrons. The maximum Gasteiger partial charge on any atom is 0.240 e. The Morgan fingerprint density at radius 1 is 0.837 bits per heavy atom. The summed E-state index contributed by atoms with van der Waals surface area (Å²) in [6, 6.07) is 27.0. The fourth-order valence-corrected chi connectivity index (χ4v) is 6.19. The Kier molecular flexibility index (Phi) is 8.02. The van der Waals surface area contributed by atoms with Gasteiger partial charge in [0.1, 0.15) is 29.8 Å². The molecule has 0 saturated carbocycles. The molecule has 0 fully saturated rings. The van der Waals surface area contributed by atoms with E-state index in [1.54, 1.807) is 41.1 Å². The molecule has 1 aliphatic rings. The number of rotatable bonds is 7. The summed E-state index contributed by atoms with van der Waals surface area (Å²) in [6.45, 7) is -0.168. The van der Waals surface area contributed by atoms with E-state index in [1.165, 1.54) is 53.1 Å². The van der Waals surface area contributed by atoms with Crippen molar-refractivity contribution >= 4 is 29.4 Å². The molecular weight excluding hydrogens is 573 g/mol. The summed E-state index contributed by atoms with van der Waals surface area (Å²) in [4.78, 5) is 28.4. The molecule has 6 nitrogen and oxygen atoms in total. The van der Waals surface area contributed by atoms with E-state index in [2.05, 4.69) is 5.32 Å². The summed E-state index contributed by atoms with van der Waals surface area (Å²) >= 11 is 1.36. The predicted molar refractivity (Wildman–Crippen MR) is 160 cm³/mol. The fourth-order valence-electron chi connectivity index (χ4n) is 4.99. The summed E-state index contributed by atoms with van der Waals surface area (Å²) in [7, 11) is 0. The second kappa shape index (κ2) is 12.2. The molecule has 1 atom stereocenters. The average Bonchev–Trinajstić information content (AvgIpc) is 3.35. The van der Waals surface area contributed by atoms with Crippen molar-refractivity contribution in [3.8, 4) is 16.9 Å². The number of thioether (sulfide) groups is 1. The second-order valence-corrected chi connectivity index (χ2v) is 11.1. The summed E-state index contributed by atoms with van der Waals surface area (Å²) in [5.74, 6) is -1.54. The van der Waals surface area contributed by atoms with Gasteiger partial charge in [-0.05, 0) is 59.7 Å². The molecule has 6 rings (SSSR count). The van der Waals surface area contributed by atoms with Crippen molar-refractivity contribution in [2.45, 2.75) is 11.8 Å². The van der Waals surface area contributed by atoms with Crippen molar-refractivity contribution in [2.75, 3.05) is 17.2 Å². The molecule has 43 heavy (non-hydrogen) atoms. The summed E-state index contributed by atoms with van der Waals surface area (Å²) in [6.07, 6.45) is 0. The maximum atomic E-state index is 13.9. The van der Waals surface area contributed by atoms with Gasteiger partial charge in [0.15, 0.2) is 0 Å². The summed E-state index contributed by atoms with van der Waals surface area (Å²) < 4.78 is 42.8. The number of hydrogen-bond donors (Lipinski definition) is 1. The van der Waals surface area contributed by atoms with Gasteiger partial charge in [-0.3, -0.25) is 14.5 Å². The zero-order valence-corrected chi connectivity index (χ0v) is 23.5. The first-order valence-corrected chi connectivity index (χ1v) is 14.5. The summed E-state index contributed by atoms with van der Waals surface area (Å²) in [5.41, 5.74) is 3.99. The number of amides is 2. The number of fused-ring (bicyclic) bond motifs is 1. The molecule has 0 bridgehead atoms. The van der Waals surface area contributed by atoms with Gasteiger partial charge >= 0.3 is 0 Å². The average molecular weight is 599 g/mol. The fraction of sp³-hybridized carbons (Fsp3) is 0.121. The van der Waals surface area contributed by atoms with E-state index in [0.29, 0.717) is 28.3 Å². The highest BCUT2D eigenvalue weighted by atomic mass is 32.2. The van der Waals surface area contributed by atoms with Crippen molar-refractivity contribution in [3.63, 3.8) is 0 Å². The third-order valence-corrected chi connectivity index (χ3v) is 8.34. The van der Waals surface area contributed by atoms with Gasteiger partial charge in [-0.25, -0.2) is 17.9 Å². The van der Waals surface area contributed by atoms with Gasteiger partial charge in [0, 0.05) is 17.7 Å². The summed E-state index contributed by atoms with van der Waals surface area (Å²) in [5, 5.41) is 7.31. The lowest BCUT2D eigenvalue weighted by atomic mass is 9.99. The standard InChI is InChI=1S/C33H25F3N4O2S/c34-24-10-6-21(7-11-24)18-37-28(41)19-39-29(42)20-43-32(23-8-12-25(35)13-9-23)30-31(22-4-2-1-3-5-22)38-40(33(30)39)27-16-14-26(36)15-17-27/h1-17,32H,18-20H2,(H,37,41)/t32-/m0/s1. The first kappa shape index (κ1) is 28.3. The van der Waals surface area contributed by atoms with Gasteiger partial charge in [-0.2, -0.15) is 5.10 Å². The van der Waals surface area contributed by atoms with E-state index in [4.69, 9.17) is 5.10 Å². The molecule has 1 aliphatic heterocycles. The molecule has 10 heteroatoms. The SMILES string of the molecule is O=C(CN1C(=O)CS[C@@H](c2ccc(F)cc2)c2c(-c3ccccc3)nn(-c3ccc(F)cc3)c21)NCc1ccc(F)cc1. The lowest BCUT2D eigenvalue weighted by Crippen LogP contribution is -2.42. The second-order valence-electron chi connectivity index (χ2n) is 9.97. The quantitative estimate of drug-likeness (QED) is 0.234. The Morgan fingerprint density at radius 2 is 1.44 bits per heavy atom. The first-order valence-electron chi connectivity index (χ1n) is 13.5. The van der Waals surface area contributed by atoms with Crippen LogP contribution in [0.4, 0.5) is 19.0 Å². The van der Waals surface area contributed by atoms with Gasteiger partial charge < -0.3 is 5.32 Å². The topological polar surface area (TPSA) is 67.2 Å². The normalized spacial score (nSPS) is 14.7. The number of hydrogen-bond acceptors (Lipinski definition) is 4. The highest BCUT2D eigenvalue weighted by Crippen LogP contribution is 2.48. The van der Waals surface area contributed by atoms with Crippen LogP contribution in [0.3, 0.4) is 0 Å². The van der Waals surface area contributed by atoms with E-state index >= 15 is 0 Å². The van der Waals surface area contributed by atoms with Crippen LogP contribution in [0.1, 0.15) is 21.9 Å². The molecule has 1 N–H and O–H groups in total. The van der Waals surface area contributed by atoms with Crippen LogP contribution < -0.4 is 10.2 Å². The minimum Gasteiger partial charge on any atom is -0.350 e. The molecule has 0 aliphatic carbocycles. The van der Waals surface area contributed by atoms with Gasteiger partial charge in [0.25, 0.3) is 0 Å². The molecule has 216 valence electrons. The minimum atomic E-state index is -0.434. The lowest BCUT2D eigenvalue weighted by molar-refractivity contribution is -0.123.